The average Bonchev–Trinajstić information content (AvgIpc) is 2.22. The molecule has 1 saturated heterocycles. The van der Waals surface area contributed by atoms with E-state index in [-0.39, 0.29) is 5.54 Å². The van der Waals surface area contributed by atoms with Crippen LogP contribution in [0.3, 0.4) is 0 Å². The van der Waals surface area contributed by atoms with Gasteiger partial charge in [-0.3, -0.25) is 4.90 Å². The maximum Gasteiger partial charge on any atom is 0.0656 e. The van der Waals surface area contributed by atoms with Crippen LogP contribution in [-0.4, -0.2) is 54.3 Å². The molecule has 0 aromatic heterocycles. The Balaban J connectivity index is 2.73. The first-order valence-electron chi connectivity index (χ1n) is 5.62. The molecular weight excluding hydrogens is 208 g/mol. The number of hydrogen-bond donors (Lipinski definition) is 1. The summed E-state index contributed by atoms with van der Waals surface area (Å²) in [6.07, 6.45) is 0. The standard InChI is InChI=1S/C11H24N2OS/c1-9-10(2)15-6-5-13(9)11(3,7-12)8-14-4/h9-10H,5-8,12H2,1-4H3. The predicted molar refractivity (Wildman–Crippen MR) is 67.4 cm³/mol. The number of hydrogen-bond acceptors (Lipinski definition) is 4. The summed E-state index contributed by atoms with van der Waals surface area (Å²) in [6.45, 7) is 9.28. The molecule has 3 atom stereocenters. The number of methoxy groups -OCH3 is 1. The molecule has 4 heteroatoms. The molecule has 0 aromatic carbocycles. The van der Waals surface area contributed by atoms with Gasteiger partial charge in [0.2, 0.25) is 0 Å². The molecule has 0 aromatic rings. The van der Waals surface area contributed by atoms with Crippen molar-refractivity contribution in [3.63, 3.8) is 0 Å². The van der Waals surface area contributed by atoms with Gasteiger partial charge in [0.15, 0.2) is 0 Å². The highest BCUT2D eigenvalue weighted by Gasteiger charge is 2.37. The smallest absolute Gasteiger partial charge is 0.0656 e. The van der Waals surface area contributed by atoms with Crippen LogP contribution in [0.1, 0.15) is 20.8 Å². The Morgan fingerprint density at radius 3 is 2.73 bits per heavy atom. The molecule has 0 bridgehead atoms. The van der Waals surface area contributed by atoms with E-state index < -0.39 is 0 Å². The second kappa shape index (κ2) is 5.53. The molecule has 1 aliphatic heterocycles. The zero-order valence-corrected chi connectivity index (χ0v) is 11.1. The molecule has 0 aliphatic carbocycles. The Bertz CT molecular complexity index is 203. The van der Waals surface area contributed by atoms with Gasteiger partial charge in [0, 0.05) is 37.2 Å². The first-order valence-corrected chi connectivity index (χ1v) is 6.67. The minimum absolute atomic E-state index is 0.0105. The van der Waals surface area contributed by atoms with Gasteiger partial charge in [-0.2, -0.15) is 11.8 Å². The van der Waals surface area contributed by atoms with Crippen molar-refractivity contribution in [3.8, 4) is 0 Å². The van der Waals surface area contributed by atoms with E-state index in [1.165, 1.54) is 5.75 Å². The number of nitrogens with zero attached hydrogens (tertiary/aromatic N) is 1. The van der Waals surface area contributed by atoms with Crippen LogP contribution in [0.25, 0.3) is 0 Å². The fourth-order valence-corrected chi connectivity index (χ4v) is 3.36. The zero-order chi connectivity index (χ0) is 11.5. The molecule has 2 N–H and O–H groups in total. The molecule has 0 saturated carbocycles. The third-order valence-corrected chi connectivity index (χ3v) is 4.81. The van der Waals surface area contributed by atoms with E-state index in [0.29, 0.717) is 24.4 Å². The molecule has 3 nitrogen and oxygen atoms in total. The van der Waals surface area contributed by atoms with Crippen LogP contribution in [0, 0.1) is 0 Å². The van der Waals surface area contributed by atoms with Gasteiger partial charge in [-0.05, 0) is 13.8 Å². The molecule has 1 fully saturated rings. The van der Waals surface area contributed by atoms with Crippen molar-refractivity contribution in [3.05, 3.63) is 0 Å². The Labute approximate surface area is 97.7 Å². The molecule has 1 rings (SSSR count). The van der Waals surface area contributed by atoms with Gasteiger partial charge in [0.1, 0.15) is 0 Å². The summed E-state index contributed by atoms with van der Waals surface area (Å²) in [5.74, 6) is 1.20. The normalized spacial score (nSPS) is 32.6. The fraction of sp³-hybridized carbons (Fsp3) is 1.00. The number of thioether (sulfide) groups is 1. The lowest BCUT2D eigenvalue weighted by molar-refractivity contribution is 0.00550. The summed E-state index contributed by atoms with van der Waals surface area (Å²) in [5, 5.41) is 0.682. The molecule has 1 aliphatic rings. The second-order valence-corrected chi connectivity index (χ2v) is 6.13. The summed E-state index contributed by atoms with van der Waals surface area (Å²) in [5.41, 5.74) is 5.89. The largest absolute Gasteiger partial charge is 0.383 e. The second-order valence-electron chi connectivity index (χ2n) is 4.64. The third-order valence-electron chi connectivity index (χ3n) is 3.47. The SMILES string of the molecule is COCC(C)(CN)N1CCSC(C)C1C. The summed E-state index contributed by atoms with van der Waals surface area (Å²) in [4.78, 5) is 2.51. The van der Waals surface area contributed by atoms with Crippen molar-refractivity contribution in [1.29, 1.82) is 0 Å². The number of ether oxygens (including phenoxy) is 1. The van der Waals surface area contributed by atoms with Gasteiger partial charge in [0.05, 0.1) is 12.1 Å². The van der Waals surface area contributed by atoms with Crippen molar-refractivity contribution in [1.82, 2.24) is 4.90 Å². The molecular formula is C11H24N2OS. The van der Waals surface area contributed by atoms with E-state index >= 15 is 0 Å². The van der Waals surface area contributed by atoms with Crippen molar-refractivity contribution >= 4 is 11.8 Å². The lowest BCUT2D eigenvalue weighted by atomic mass is 9.97. The van der Waals surface area contributed by atoms with Crippen LogP contribution in [0.4, 0.5) is 0 Å². The quantitative estimate of drug-likeness (QED) is 0.790. The highest BCUT2D eigenvalue weighted by atomic mass is 32.2. The number of rotatable bonds is 4. The summed E-state index contributed by atoms with van der Waals surface area (Å²) < 4.78 is 5.31. The van der Waals surface area contributed by atoms with Crippen molar-refractivity contribution in [2.24, 2.45) is 5.73 Å². The van der Waals surface area contributed by atoms with Gasteiger partial charge in [-0.1, -0.05) is 6.92 Å². The van der Waals surface area contributed by atoms with Crippen molar-refractivity contribution in [2.75, 3.05) is 32.6 Å². The van der Waals surface area contributed by atoms with Crippen LogP contribution in [-0.2, 0) is 4.74 Å². The van der Waals surface area contributed by atoms with Crippen molar-refractivity contribution < 1.29 is 4.74 Å². The minimum Gasteiger partial charge on any atom is -0.383 e. The maximum absolute atomic E-state index is 5.90. The van der Waals surface area contributed by atoms with Crippen molar-refractivity contribution in [2.45, 2.75) is 37.6 Å². The van der Waals surface area contributed by atoms with E-state index in [4.69, 9.17) is 10.5 Å². The van der Waals surface area contributed by atoms with Gasteiger partial charge in [-0.25, -0.2) is 0 Å². The monoisotopic (exact) mass is 232 g/mol. The lowest BCUT2D eigenvalue weighted by Gasteiger charge is -2.48. The van der Waals surface area contributed by atoms with Crippen LogP contribution < -0.4 is 5.73 Å². The highest BCUT2D eigenvalue weighted by Crippen LogP contribution is 2.29. The molecule has 90 valence electrons. The maximum atomic E-state index is 5.90. The van der Waals surface area contributed by atoms with Gasteiger partial charge in [-0.15, -0.1) is 0 Å². The lowest BCUT2D eigenvalue weighted by Crippen LogP contribution is -2.61. The Morgan fingerprint density at radius 1 is 1.53 bits per heavy atom. The van der Waals surface area contributed by atoms with E-state index in [0.717, 1.165) is 6.54 Å². The Hall–Kier alpha value is 0.230. The molecule has 0 spiro atoms. The van der Waals surface area contributed by atoms with E-state index in [1.54, 1.807) is 7.11 Å². The summed E-state index contributed by atoms with van der Waals surface area (Å²) in [6, 6.07) is 0.576. The Morgan fingerprint density at radius 2 is 2.20 bits per heavy atom. The Kier molecular flexibility index (Phi) is 4.90. The summed E-state index contributed by atoms with van der Waals surface area (Å²) >= 11 is 2.05. The number of nitrogens with two attached hydrogens (primary N) is 1. The first kappa shape index (κ1) is 13.3. The topological polar surface area (TPSA) is 38.5 Å². The molecule has 3 unspecified atom stereocenters. The van der Waals surface area contributed by atoms with Crippen LogP contribution in [0.5, 0.6) is 0 Å². The molecule has 1 heterocycles. The van der Waals surface area contributed by atoms with E-state index in [9.17, 15) is 0 Å². The predicted octanol–water partition coefficient (Wildman–Crippen LogP) is 1.18. The summed E-state index contributed by atoms with van der Waals surface area (Å²) in [7, 11) is 1.75. The first-order chi connectivity index (χ1) is 7.05. The minimum atomic E-state index is -0.0105. The molecule has 0 amide bonds. The average molecular weight is 232 g/mol. The fourth-order valence-electron chi connectivity index (χ4n) is 2.26. The highest BCUT2D eigenvalue weighted by molar-refractivity contribution is 8.00. The van der Waals surface area contributed by atoms with Gasteiger partial charge < -0.3 is 10.5 Å². The van der Waals surface area contributed by atoms with Crippen LogP contribution >= 0.6 is 11.8 Å². The zero-order valence-electron chi connectivity index (χ0n) is 10.3. The molecule has 0 radical (unpaired) electrons. The van der Waals surface area contributed by atoms with Gasteiger partial charge >= 0.3 is 0 Å². The van der Waals surface area contributed by atoms with E-state index in [1.807, 2.05) is 0 Å². The third kappa shape index (κ3) is 2.87. The van der Waals surface area contributed by atoms with Gasteiger partial charge in [0.25, 0.3) is 0 Å². The van der Waals surface area contributed by atoms with Crippen LogP contribution in [0.2, 0.25) is 0 Å². The van der Waals surface area contributed by atoms with E-state index in [2.05, 4.69) is 37.4 Å². The molecule has 15 heavy (non-hydrogen) atoms. The van der Waals surface area contributed by atoms with Crippen LogP contribution in [0.15, 0.2) is 0 Å².